The topological polar surface area (TPSA) is 34.2 Å². The first-order chi connectivity index (χ1) is 9.72. The van der Waals surface area contributed by atoms with E-state index in [0.29, 0.717) is 17.4 Å². The monoisotopic (exact) mass is 397 g/mol. The third-order valence-electron chi connectivity index (χ3n) is 2.88. The van der Waals surface area contributed by atoms with Crippen LogP contribution in [0.5, 0.6) is 0 Å². The smallest absolute Gasteiger partial charge is 0.321 e. The number of aromatic nitrogens is 2. The predicted octanol–water partition coefficient (Wildman–Crippen LogP) is 3.75. The van der Waals surface area contributed by atoms with Gasteiger partial charge in [0.2, 0.25) is 0 Å². The van der Waals surface area contributed by atoms with Gasteiger partial charge in [-0.2, -0.15) is 0 Å². The van der Waals surface area contributed by atoms with E-state index in [9.17, 15) is 0 Å². The molecule has 0 fully saturated rings. The van der Waals surface area contributed by atoms with E-state index in [0.717, 1.165) is 12.1 Å². The largest absolute Gasteiger partial charge is 0.395 e. The van der Waals surface area contributed by atoms with Gasteiger partial charge in [0.1, 0.15) is 0 Å². The molecule has 2 aromatic rings. The molecule has 20 heavy (non-hydrogen) atoms. The van der Waals surface area contributed by atoms with Crippen LogP contribution in [0.3, 0.4) is 0 Å². The Morgan fingerprint density at radius 3 is 3.00 bits per heavy atom. The predicted molar refractivity (Wildman–Crippen MR) is 89.2 cm³/mol. The zero-order valence-electron chi connectivity index (χ0n) is 10.6. The van der Waals surface area contributed by atoms with Gasteiger partial charge in [0, 0.05) is 16.3 Å². The summed E-state index contributed by atoms with van der Waals surface area (Å²) < 4.78 is 8.47. The van der Waals surface area contributed by atoms with Crippen molar-refractivity contribution < 1.29 is 4.42 Å². The van der Waals surface area contributed by atoms with E-state index in [2.05, 4.69) is 45.9 Å². The lowest BCUT2D eigenvalue weighted by atomic mass is 10.2. The van der Waals surface area contributed by atoms with Gasteiger partial charge in [0.15, 0.2) is 0 Å². The summed E-state index contributed by atoms with van der Waals surface area (Å²) in [6.45, 7) is 1.36. The van der Waals surface area contributed by atoms with Gasteiger partial charge in [-0.15, -0.1) is 5.10 Å². The fraction of sp³-hybridized carbons (Fsp3) is 0.143. The van der Waals surface area contributed by atoms with Crippen molar-refractivity contribution in [1.29, 1.82) is 0 Å². The van der Waals surface area contributed by atoms with Gasteiger partial charge in [-0.1, -0.05) is 24.3 Å². The second-order valence-electron chi connectivity index (χ2n) is 4.36. The summed E-state index contributed by atoms with van der Waals surface area (Å²) in [6, 6.07) is 8.78. The number of anilines is 1. The number of hydrogen-bond donors (Lipinski definition) is 0. The highest BCUT2D eigenvalue weighted by Crippen LogP contribution is 2.16. The maximum atomic E-state index is 5.56. The average Bonchev–Trinajstić information content (AvgIpc) is 2.81. The van der Waals surface area contributed by atoms with E-state index in [-0.39, 0.29) is 0 Å². The van der Waals surface area contributed by atoms with Gasteiger partial charge < -0.3 is 4.42 Å². The molecule has 0 aliphatic carbocycles. The molecule has 0 saturated carbocycles. The van der Waals surface area contributed by atoms with Gasteiger partial charge in [-0.25, -0.2) is 4.68 Å². The number of allylic oxidation sites excluding steroid dienone is 2. The minimum absolute atomic E-state index is 0.391. The van der Waals surface area contributed by atoms with Crippen molar-refractivity contribution in [2.24, 2.45) is 0 Å². The van der Waals surface area contributed by atoms with Crippen LogP contribution in [0.2, 0.25) is 0 Å². The van der Waals surface area contributed by atoms with Gasteiger partial charge in [0.25, 0.3) is 4.84 Å². The summed E-state index contributed by atoms with van der Waals surface area (Å²) in [5, 5.41) is 4.44. The van der Waals surface area contributed by atoms with E-state index in [1.165, 1.54) is 3.57 Å². The van der Waals surface area contributed by atoms with Crippen LogP contribution in [0.4, 0.5) is 6.01 Å². The molecule has 4 nitrogen and oxygen atoms in total. The van der Waals surface area contributed by atoms with Crippen LogP contribution in [-0.2, 0) is 6.54 Å². The molecule has 6 heteroatoms. The molecule has 102 valence electrons. The van der Waals surface area contributed by atoms with Crippen molar-refractivity contribution >= 4 is 40.8 Å². The van der Waals surface area contributed by atoms with Crippen molar-refractivity contribution in [3.05, 3.63) is 62.7 Å². The maximum absolute atomic E-state index is 5.56. The standard InChI is InChI=1S/C14H12IN3OS/c15-12-6-4-5-11(9-12)10-18-14(20)19-13(16-18)17-7-2-1-3-8-17/h1-7,9H,8,10H2. The maximum Gasteiger partial charge on any atom is 0.321 e. The van der Waals surface area contributed by atoms with Crippen molar-refractivity contribution in [3.8, 4) is 0 Å². The Labute approximate surface area is 135 Å². The molecular formula is C14H12IN3OS. The highest BCUT2D eigenvalue weighted by atomic mass is 127. The van der Waals surface area contributed by atoms with E-state index in [1.807, 2.05) is 35.4 Å². The Morgan fingerprint density at radius 2 is 2.25 bits per heavy atom. The van der Waals surface area contributed by atoms with Gasteiger partial charge in [0.05, 0.1) is 6.54 Å². The second kappa shape index (κ2) is 5.92. The van der Waals surface area contributed by atoms with Crippen LogP contribution in [0.25, 0.3) is 0 Å². The van der Waals surface area contributed by atoms with Crippen LogP contribution in [0.1, 0.15) is 5.56 Å². The first-order valence-electron chi connectivity index (χ1n) is 6.15. The molecule has 0 radical (unpaired) electrons. The Morgan fingerprint density at radius 1 is 1.35 bits per heavy atom. The fourth-order valence-corrected chi connectivity index (χ4v) is 2.72. The zero-order chi connectivity index (χ0) is 13.9. The number of halogens is 1. The first-order valence-corrected chi connectivity index (χ1v) is 7.63. The molecule has 0 unspecified atom stereocenters. The first kappa shape index (κ1) is 13.6. The highest BCUT2D eigenvalue weighted by molar-refractivity contribution is 14.1. The molecule has 0 saturated heterocycles. The third-order valence-corrected chi connectivity index (χ3v) is 3.84. The summed E-state index contributed by atoms with van der Waals surface area (Å²) in [7, 11) is 0. The minimum atomic E-state index is 0.391. The molecule has 1 aromatic carbocycles. The number of benzene rings is 1. The molecule has 0 amide bonds. The van der Waals surface area contributed by atoms with Crippen LogP contribution in [-0.4, -0.2) is 16.3 Å². The summed E-state index contributed by atoms with van der Waals surface area (Å²) in [6.07, 6.45) is 7.90. The summed E-state index contributed by atoms with van der Waals surface area (Å²) in [5.41, 5.74) is 1.15. The molecule has 0 N–H and O–H groups in total. The van der Waals surface area contributed by atoms with E-state index >= 15 is 0 Å². The van der Waals surface area contributed by atoms with Gasteiger partial charge in [-0.05, 0) is 58.6 Å². The van der Waals surface area contributed by atoms with Crippen molar-refractivity contribution in [1.82, 2.24) is 9.78 Å². The van der Waals surface area contributed by atoms with Crippen LogP contribution >= 0.6 is 34.8 Å². The van der Waals surface area contributed by atoms with Crippen LogP contribution in [0.15, 0.2) is 53.1 Å². The average molecular weight is 397 g/mol. The second-order valence-corrected chi connectivity index (χ2v) is 5.96. The molecule has 0 bridgehead atoms. The lowest BCUT2D eigenvalue weighted by molar-refractivity contribution is 0.516. The lowest BCUT2D eigenvalue weighted by Crippen LogP contribution is -2.18. The SMILES string of the molecule is S=c1oc(N2C=CC=CC2)nn1Cc1cccc(I)c1. The molecule has 3 rings (SSSR count). The molecule has 1 aliphatic rings. The van der Waals surface area contributed by atoms with Crippen molar-refractivity contribution in [2.45, 2.75) is 6.54 Å². The minimum Gasteiger partial charge on any atom is -0.395 e. The number of rotatable bonds is 3. The molecular weight excluding hydrogens is 385 g/mol. The summed E-state index contributed by atoms with van der Waals surface area (Å²) in [4.78, 5) is 2.31. The Balaban J connectivity index is 1.84. The molecule has 1 aromatic heterocycles. The van der Waals surface area contributed by atoms with E-state index in [1.54, 1.807) is 4.68 Å². The van der Waals surface area contributed by atoms with E-state index < -0.39 is 0 Å². The number of nitrogens with zero attached hydrogens (tertiary/aromatic N) is 3. The van der Waals surface area contributed by atoms with Crippen molar-refractivity contribution in [3.63, 3.8) is 0 Å². The Hall–Kier alpha value is -1.41. The molecule has 1 aliphatic heterocycles. The van der Waals surface area contributed by atoms with Crippen molar-refractivity contribution in [2.75, 3.05) is 11.4 Å². The van der Waals surface area contributed by atoms with Gasteiger partial charge in [-0.3, -0.25) is 4.90 Å². The van der Waals surface area contributed by atoms with Crippen LogP contribution < -0.4 is 4.90 Å². The van der Waals surface area contributed by atoms with E-state index in [4.69, 9.17) is 16.6 Å². The number of hydrogen-bond acceptors (Lipinski definition) is 4. The Bertz CT molecular complexity index is 732. The van der Waals surface area contributed by atoms with Crippen LogP contribution in [0, 0.1) is 8.41 Å². The summed E-state index contributed by atoms with van der Waals surface area (Å²) >= 11 is 7.53. The quantitative estimate of drug-likeness (QED) is 0.584. The molecule has 0 atom stereocenters. The van der Waals surface area contributed by atoms with Gasteiger partial charge >= 0.3 is 6.01 Å². The zero-order valence-corrected chi connectivity index (χ0v) is 13.5. The molecule has 2 heterocycles. The lowest BCUT2D eigenvalue weighted by Gasteiger charge is -2.14. The fourth-order valence-electron chi connectivity index (χ4n) is 1.93. The molecule has 0 spiro atoms. The Kier molecular flexibility index (Phi) is 4.02. The highest BCUT2D eigenvalue weighted by Gasteiger charge is 2.12. The normalized spacial score (nSPS) is 13.9. The third kappa shape index (κ3) is 3.01. The summed E-state index contributed by atoms with van der Waals surface area (Å²) in [5.74, 6) is 0.